The van der Waals surface area contributed by atoms with Gasteiger partial charge < -0.3 is 5.32 Å². The summed E-state index contributed by atoms with van der Waals surface area (Å²) in [4.78, 5) is 26.5. The standard InChI is InChI=1S/C17H12FN3O3S/c18-13-7-6-12(21(23)24)9-14(13)20-17(22)15-10-25-16(19-15)8-11-4-2-1-3-5-11/h1-7,9-10H,8H2,(H,20,22). The summed E-state index contributed by atoms with van der Waals surface area (Å²) in [5.74, 6) is -1.37. The Hall–Kier alpha value is -3.13. The largest absolute Gasteiger partial charge is 0.318 e. The second kappa shape index (κ2) is 7.18. The van der Waals surface area contributed by atoms with Crippen LogP contribution in [0.3, 0.4) is 0 Å². The van der Waals surface area contributed by atoms with Crippen molar-refractivity contribution in [1.82, 2.24) is 4.98 Å². The van der Waals surface area contributed by atoms with Gasteiger partial charge in [-0.2, -0.15) is 0 Å². The first-order chi connectivity index (χ1) is 12.0. The number of hydrogen-bond acceptors (Lipinski definition) is 5. The number of thiazole rings is 1. The van der Waals surface area contributed by atoms with Gasteiger partial charge in [-0.05, 0) is 11.6 Å². The molecular formula is C17H12FN3O3S. The highest BCUT2D eigenvalue weighted by Gasteiger charge is 2.16. The molecule has 8 heteroatoms. The molecule has 2 aromatic carbocycles. The Morgan fingerprint density at radius 1 is 1.24 bits per heavy atom. The topological polar surface area (TPSA) is 85.1 Å². The van der Waals surface area contributed by atoms with Gasteiger partial charge in [-0.25, -0.2) is 9.37 Å². The number of nitrogens with zero attached hydrogens (tertiary/aromatic N) is 2. The minimum Gasteiger partial charge on any atom is -0.318 e. The third-order valence-electron chi connectivity index (χ3n) is 3.39. The van der Waals surface area contributed by atoms with Crippen molar-refractivity contribution in [3.05, 3.63) is 86.1 Å². The zero-order valence-electron chi connectivity index (χ0n) is 12.8. The number of nitro groups is 1. The highest BCUT2D eigenvalue weighted by atomic mass is 32.1. The molecule has 1 N–H and O–H groups in total. The summed E-state index contributed by atoms with van der Waals surface area (Å²) in [5.41, 5.74) is 0.645. The van der Waals surface area contributed by atoms with E-state index in [9.17, 15) is 19.3 Å². The van der Waals surface area contributed by atoms with Crippen molar-refractivity contribution in [1.29, 1.82) is 0 Å². The Morgan fingerprint density at radius 3 is 2.72 bits per heavy atom. The highest BCUT2D eigenvalue weighted by Crippen LogP contribution is 2.22. The molecule has 3 aromatic rings. The number of amides is 1. The van der Waals surface area contributed by atoms with Crippen molar-refractivity contribution in [2.45, 2.75) is 6.42 Å². The van der Waals surface area contributed by atoms with Crippen LogP contribution in [0, 0.1) is 15.9 Å². The van der Waals surface area contributed by atoms with Crippen molar-refractivity contribution >= 4 is 28.6 Å². The Balaban J connectivity index is 1.74. The second-order valence-corrected chi connectivity index (χ2v) is 6.11. The quantitative estimate of drug-likeness (QED) is 0.552. The molecule has 1 heterocycles. The predicted molar refractivity (Wildman–Crippen MR) is 92.4 cm³/mol. The molecule has 0 radical (unpaired) electrons. The van der Waals surface area contributed by atoms with Crippen LogP contribution in [0.15, 0.2) is 53.9 Å². The third-order valence-corrected chi connectivity index (χ3v) is 4.24. The zero-order valence-corrected chi connectivity index (χ0v) is 13.6. The number of carbonyl (C=O) groups excluding carboxylic acids is 1. The van der Waals surface area contributed by atoms with E-state index in [1.165, 1.54) is 11.3 Å². The minimum absolute atomic E-state index is 0.141. The lowest BCUT2D eigenvalue weighted by Crippen LogP contribution is -2.13. The SMILES string of the molecule is O=C(Nc1cc([N+](=O)[O-])ccc1F)c1csc(Cc2ccccc2)n1. The van der Waals surface area contributed by atoms with Gasteiger partial charge in [-0.1, -0.05) is 30.3 Å². The van der Waals surface area contributed by atoms with Crippen LogP contribution >= 0.6 is 11.3 Å². The molecule has 0 saturated heterocycles. The zero-order chi connectivity index (χ0) is 17.8. The van der Waals surface area contributed by atoms with Crippen LogP contribution in [0.4, 0.5) is 15.8 Å². The van der Waals surface area contributed by atoms with Gasteiger partial charge in [-0.3, -0.25) is 14.9 Å². The molecule has 0 saturated carbocycles. The molecule has 0 aliphatic carbocycles. The predicted octanol–water partition coefficient (Wildman–Crippen LogP) is 4.03. The smallest absolute Gasteiger partial charge is 0.275 e. The maximum atomic E-state index is 13.7. The van der Waals surface area contributed by atoms with Gasteiger partial charge in [-0.15, -0.1) is 11.3 Å². The Morgan fingerprint density at radius 2 is 2.00 bits per heavy atom. The molecule has 0 spiro atoms. The Bertz CT molecular complexity index is 928. The van der Waals surface area contributed by atoms with E-state index < -0.39 is 16.6 Å². The number of aromatic nitrogens is 1. The van der Waals surface area contributed by atoms with E-state index in [1.54, 1.807) is 5.38 Å². The number of halogens is 1. The summed E-state index contributed by atoms with van der Waals surface area (Å²) in [6, 6.07) is 12.6. The van der Waals surface area contributed by atoms with Gasteiger partial charge in [0.1, 0.15) is 11.5 Å². The summed E-state index contributed by atoms with van der Waals surface area (Å²) >= 11 is 1.32. The van der Waals surface area contributed by atoms with E-state index in [0.29, 0.717) is 6.42 Å². The summed E-state index contributed by atoms with van der Waals surface area (Å²) in [6.07, 6.45) is 0.587. The van der Waals surface area contributed by atoms with Crippen LogP contribution < -0.4 is 5.32 Å². The van der Waals surface area contributed by atoms with Gasteiger partial charge in [0, 0.05) is 23.9 Å². The average molecular weight is 357 g/mol. The molecule has 0 unspecified atom stereocenters. The van der Waals surface area contributed by atoms with Crippen molar-refractivity contribution in [2.75, 3.05) is 5.32 Å². The van der Waals surface area contributed by atoms with Crippen molar-refractivity contribution < 1.29 is 14.1 Å². The van der Waals surface area contributed by atoms with Crippen LogP contribution in [-0.4, -0.2) is 15.8 Å². The van der Waals surface area contributed by atoms with Crippen molar-refractivity contribution in [2.24, 2.45) is 0 Å². The maximum Gasteiger partial charge on any atom is 0.275 e. The molecule has 126 valence electrons. The number of benzene rings is 2. The fourth-order valence-electron chi connectivity index (χ4n) is 2.18. The van der Waals surface area contributed by atoms with Crippen LogP contribution in [0.2, 0.25) is 0 Å². The number of rotatable bonds is 5. The number of carbonyl (C=O) groups is 1. The lowest BCUT2D eigenvalue weighted by Gasteiger charge is -2.04. The van der Waals surface area contributed by atoms with E-state index in [4.69, 9.17) is 0 Å². The average Bonchev–Trinajstić information content (AvgIpc) is 3.06. The number of non-ortho nitro benzene ring substituents is 1. The molecule has 0 bridgehead atoms. The molecule has 0 aliphatic rings. The Labute approximate surface area is 146 Å². The fourth-order valence-corrected chi connectivity index (χ4v) is 2.98. The van der Waals surface area contributed by atoms with E-state index >= 15 is 0 Å². The minimum atomic E-state index is -0.751. The number of nitro benzene ring substituents is 1. The van der Waals surface area contributed by atoms with Crippen molar-refractivity contribution in [3.8, 4) is 0 Å². The summed E-state index contributed by atoms with van der Waals surface area (Å²) in [6.45, 7) is 0. The fraction of sp³-hybridized carbons (Fsp3) is 0.0588. The molecular weight excluding hydrogens is 345 g/mol. The molecule has 25 heavy (non-hydrogen) atoms. The first-order valence-electron chi connectivity index (χ1n) is 7.26. The summed E-state index contributed by atoms with van der Waals surface area (Å²) in [5, 5.41) is 15.4. The van der Waals surface area contributed by atoms with Gasteiger partial charge >= 0.3 is 0 Å². The monoisotopic (exact) mass is 357 g/mol. The van der Waals surface area contributed by atoms with E-state index in [1.807, 2.05) is 30.3 Å². The van der Waals surface area contributed by atoms with E-state index in [0.717, 1.165) is 28.8 Å². The summed E-state index contributed by atoms with van der Waals surface area (Å²) in [7, 11) is 0. The van der Waals surface area contributed by atoms with Gasteiger partial charge in [0.05, 0.1) is 15.6 Å². The van der Waals surface area contributed by atoms with Gasteiger partial charge in [0.15, 0.2) is 0 Å². The lowest BCUT2D eigenvalue weighted by atomic mass is 10.2. The maximum absolute atomic E-state index is 13.7. The first kappa shape index (κ1) is 16.7. The third kappa shape index (κ3) is 4.04. The first-order valence-corrected chi connectivity index (χ1v) is 8.14. The van der Waals surface area contributed by atoms with Gasteiger partial charge in [0.25, 0.3) is 11.6 Å². The van der Waals surface area contributed by atoms with Crippen LogP contribution in [0.1, 0.15) is 21.1 Å². The molecule has 3 rings (SSSR count). The van der Waals surface area contributed by atoms with Crippen LogP contribution in [0.25, 0.3) is 0 Å². The van der Waals surface area contributed by atoms with E-state index in [2.05, 4.69) is 10.3 Å². The van der Waals surface area contributed by atoms with E-state index in [-0.39, 0.29) is 17.1 Å². The summed E-state index contributed by atoms with van der Waals surface area (Å²) < 4.78 is 13.7. The highest BCUT2D eigenvalue weighted by molar-refractivity contribution is 7.09. The Kier molecular flexibility index (Phi) is 4.80. The molecule has 0 aliphatic heterocycles. The lowest BCUT2D eigenvalue weighted by molar-refractivity contribution is -0.384. The number of nitrogens with one attached hydrogen (secondary N) is 1. The molecule has 0 atom stereocenters. The second-order valence-electron chi connectivity index (χ2n) is 5.16. The molecule has 1 aromatic heterocycles. The number of anilines is 1. The van der Waals surface area contributed by atoms with Gasteiger partial charge in [0.2, 0.25) is 0 Å². The normalized spacial score (nSPS) is 10.4. The van der Waals surface area contributed by atoms with Crippen LogP contribution in [-0.2, 0) is 6.42 Å². The molecule has 6 nitrogen and oxygen atoms in total. The van der Waals surface area contributed by atoms with Crippen LogP contribution in [0.5, 0.6) is 0 Å². The van der Waals surface area contributed by atoms with Crippen molar-refractivity contribution in [3.63, 3.8) is 0 Å². The molecule has 0 fully saturated rings. The molecule has 1 amide bonds. The number of hydrogen-bond donors (Lipinski definition) is 1.